The van der Waals surface area contributed by atoms with Gasteiger partial charge < -0.3 is 0 Å². The highest BCUT2D eigenvalue weighted by Gasteiger charge is 2.13. The van der Waals surface area contributed by atoms with E-state index in [9.17, 15) is 4.79 Å². The molecule has 70 valence electrons. The van der Waals surface area contributed by atoms with Gasteiger partial charge in [0.05, 0.1) is 0 Å². The Balaban J connectivity index is 2.50. The summed E-state index contributed by atoms with van der Waals surface area (Å²) in [7, 11) is 0. The summed E-state index contributed by atoms with van der Waals surface area (Å²) in [5.74, 6) is 0.557. The van der Waals surface area contributed by atoms with Crippen molar-refractivity contribution < 1.29 is 4.79 Å². The molecule has 0 spiro atoms. The molecule has 0 aromatic rings. The van der Waals surface area contributed by atoms with Gasteiger partial charge >= 0.3 is 0 Å². The molecule has 0 aromatic heterocycles. The normalized spacial score (nSPS) is 18.6. The van der Waals surface area contributed by atoms with E-state index in [0.717, 1.165) is 6.42 Å². The van der Waals surface area contributed by atoms with E-state index < -0.39 is 0 Å². The van der Waals surface area contributed by atoms with Crippen LogP contribution in [0.15, 0.2) is 36.5 Å². The fraction of sp³-hybridized carbons (Fsp3) is 0.364. The maximum atomic E-state index is 11.0. The monoisotopic (exact) mass is 288 g/mol. The van der Waals surface area contributed by atoms with Crippen molar-refractivity contribution in [3.8, 4) is 0 Å². The van der Waals surface area contributed by atoms with E-state index in [1.165, 1.54) is 0 Å². The van der Waals surface area contributed by atoms with Crippen molar-refractivity contribution in [2.45, 2.75) is 13.3 Å². The van der Waals surface area contributed by atoms with Crippen LogP contribution >= 0.6 is 22.6 Å². The predicted octanol–water partition coefficient (Wildman–Crippen LogP) is 3.27. The van der Waals surface area contributed by atoms with Crippen LogP contribution in [0.3, 0.4) is 0 Å². The number of carbonyl (C=O) groups is 1. The van der Waals surface area contributed by atoms with Crippen LogP contribution in [0.4, 0.5) is 0 Å². The zero-order chi connectivity index (χ0) is 9.68. The van der Waals surface area contributed by atoms with Gasteiger partial charge in [0.2, 0.25) is 0 Å². The minimum atomic E-state index is 0.151. The number of hydrogen-bond donors (Lipinski definition) is 0. The number of hydrogen-bond acceptors (Lipinski definition) is 1. The van der Waals surface area contributed by atoms with Gasteiger partial charge in [-0.15, -0.1) is 0 Å². The van der Waals surface area contributed by atoms with Crippen molar-refractivity contribution >= 4 is 26.4 Å². The molecule has 0 bridgehead atoms. The van der Waals surface area contributed by atoms with Crippen LogP contribution in [0.1, 0.15) is 13.3 Å². The first-order valence-electron chi connectivity index (χ1n) is 4.41. The van der Waals surface area contributed by atoms with Gasteiger partial charge in [0, 0.05) is 5.92 Å². The standard InChI is InChI=1S/C11H13IO/c1-9(11(12)13)8-10-6-4-2-3-5-7-10/h2-7,9-10H,8H2,1H3. The summed E-state index contributed by atoms with van der Waals surface area (Å²) < 4.78 is 0.247. The summed E-state index contributed by atoms with van der Waals surface area (Å²) in [6.07, 6.45) is 13.3. The molecule has 0 N–H and O–H groups in total. The lowest BCUT2D eigenvalue weighted by atomic mass is 9.96. The third-order valence-electron chi connectivity index (χ3n) is 2.06. The molecule has 0 fully saturated rings. The highest BCUT2D eigenvalue weighted by Crippen LogP contribution is 2.19. The van der Waals surface area contributed by atoms with Crippen molar-refractivity contribution in [1.29, 1.82) is 0 Å². The molecule has 1 aliphatic rings. The Morgan fingerprint density at radius 2 is 1.85 bits per heavy atom. The summed E-state index contributed by atoms with van der Waals surface area (Å²) >= 11 is 1.87. The third kappa shape index (κ3) is 3.89. The third-order valence-corrected chi connectivity index (χ3v) is 3.13. The fourth-order valence-electron chi connectivity index (χ4n) is 1.26. The average Bonchev–Trinajstić information content (AvgIpc) is 2.32. The average molecular weight is 288 g/mol. The Labute approximate surface area is 92.7 Å². The van der Waals surface area contributed by atoms with Gasteiger partial charge in [-0.05, 0) is 34.9 Å². The van der Waals surface area contributed by atoms with Crippen molar-refractivity contribution in [3.05, 3.63) is 36.5 Å². The number of halogens is 1. The summed E-state index contributed by atoms with van der Waals surface area (Å²) in [5.41, 5.74) is 0. The first kappa shape index (κ1) is 10.7. The molecule has 0 radical (unpaired) electrons. The maximum Gasteiger partial charge on any atom is 0.195 e. The maximum absolute atomic E-state index is 11.0. The Kier molecular flexibility index (Phi) is 4.42. The molecule has 0 saturated carbocycles. The van der Waals surface area contributed by atoms with Crippen molar-refractivity contribution in [1.82, 2.24) is 0 Å². The molecule has 1 nitrogen and oxygen atoms in total. The molecule has 1 aliphatic carbocycles. The SMILES string of the molecule is CC(CC1C=CC=CC=C1)C(=O)I. The van der Waals surface area contributed by atoms with Crippen LogP contribution in [-0.4, -0.2) is 3.79 Å². The fourth-order valence-corrected chi connectivity index (χ4v) is 1.52. The van der Waals surface area contributed by atoms with Gasteiger partial charge in [0.1, 0.15) is 0 Å². The second kappa shape index (κ2) is 5.37. The van der Waals surface area contributed by atoms with E-state index in [1.54, 1.807) is 0 Å². The predicted molar refractivity (Wildman–Crippen MR) is 63.7 cm³/mol. The quantitative estimate of drug-likeness (QED) is 0.575. The van der Waals surface area contributed by atoms with E-state index in [0.29, 0.717) is 5.92 Å². The molecule has 0 heterocycles. The highest BCUT2D eigenvalue weighted by molar-refractivity contribution is 14.1. The molecule has 0 saturated heterocycles. The van der Waals surface area contributed by atoms with Crippen LogP contribution in [0, 0.1) is 11.8 Å². The lowest BCUT2D eigenvalue weighted by Gasteiger charge is -2.10. The second-order valence-electron chi connectivity index (χ2n) is 3.26. The summed E-state index contributed by atoms with van der Waals surface area (Å²) in [4.78, 5) is 11.0. The van der Waals surface area contributed by atoms with Gasteiger partial charge in [-0.2, -0.15) is 0 Å². The zero-order valence-corrected chi connectivity index (χ0v) is 9.77. The zero-order valence-electron chi connectivity index (χ0n) is 7.61. The largest absolute Gasteiger partial charge is 0.288 e. The highest BCUT2D eigenvalue weighted by atomic mass is 127. The van der Waals surface area contributed by atoms with Gasteiger partial charge in [0.25, 0.3) is 0 Å². The van der Waals surface area contributed by atoms with Gasteiger partial charge in [-0.25, -0.2) is 0 Å². The van der Waals surface area contributed by atoms with Crippen LogP contribution in [-0.2, 0) is 4.79 Å². The number of allylic oxidation sites excluding steroid dienone is 6. The first-order valence-corrected chi connectivity index (χ1v) is 5.49. The minimum Gasteiger partial charge on any atom is -0.288 e. The molecule has 0 amide bonds. The van der Waals surface area contributed by atoms with Crippen LogP contribution in [0.25, 0.3) is 0 Å². The van der Waals surface area contributed by atoms with Crippen molar-refractivity contribution in [2.75, 3.05) is 0 Å². The minimum absolute atomic E-state index is 0.151. The lowest BCUT2D eigenvalue weighted by Crippen LogP contribution is -2.07. The molecular weight excluding hydrogens is 275 g/mol. The van der Waals surface area contributed by atoms with Crippen LogP contribution in [0.2, 0.25) is 0 Å². The summed E-state index contributed by atoms with van der Waals surface area (Å²) in [5, 5.41) is 0. The topological polar surface area (TPSA) is 17.1 Å². The smallest absolute Gasteiger partial charge is 0.195 e. The Morgan fingerprint density at radius 3 is 2.31 bits per heavy atom. The molecule has 1 atom stereocenters. The molecule has 1 unspecified atom stereocenters. The first-order chi connectivity index (χ1) is 6.20. The Hall–Kier alpha value is -0.380. The number of carbonyl (C=O) groups excluding carboxylic acids is 1. The van der Waals surface area contributed by atoms with E-state index >= 15 is 0 Å². The van der Waals surface area contributed by atoms with Crippen LogP contribution < -0.4 is 0 Å². The Morgan fingerprint density at radius 1 is 1.31 bits per heavy atom. The van der Waals surface area contributed by atoms with E-state index in [2.05, 4.69) is 12.2 Å². The molecule has 13 heavy (non-hydrogen) atoms. The van der Waals surface area contributed by atoms with Gasteiger partial charge in [-0.3, -0.25) is 4.79 Å². The molecular formula is C11H13IO. The summed E-state index contributed by atoms with van der Waals surface area (Å²) in [6.45, 7) is 1.98. The van der Waals surface area contributed by atoms with Crippen molar-refractivity contribution in [3.63, 3.8) is 0 Å². The molecule has 0 aliphatic heterocycles. The van der Waals surface area contributed by atoms with Gasteiger partial charge in [0.15, 0.2) is 3.79 Å². The molecule has 0 aromatic carbocycles. The van der Waals surface area contributed by atoms with Crippen LogP contribution in [0.5, 0.6) is 0 Å². The lowest BCUT2D eigenvalue weighted by molar-refractivity contribution is -0.112. The second-order valence-corrected chi connectivity index (χ2v) is 4.32. The van der Waals surface area contributed by atoms with E-state index in [1.807, 2.05) is 53.8 Å². The number of rotatable bonds is 3. The van der Waals surface area contributed by atoms with E-state index in [4.69, 9.17) is 0 Å². The molecule has 2 heteroatoms. The molecule has 1 rings (SSSR count). The Bertz CT molecular complexity index is 247. The van der Waals surface area contributed by atoms with Gasteiger partial charge in [-0.1, -0.05) is 43.4 Å². The van der Waals surface area contributed by atoms with E-state index in [-0.39, 0.29) is 9.71 Å². The van der Waals surface area contributed by atoms with Crippen molar-refractivity contribution in [2.24, 2.45) is 11.8 Å². The summed E-state index contributed by atoms with van der Waals surface area (Å²) in [6, 6.07) is 0.